The Labute approximate surface area is 233 Å². The van der Waals surface area contributed by atoms with Crippen molar-refractivity contribution >= 4 is 33.0 Å². The molecule has 198 valence electrons. The van der Waals surface area contributed by atoms with Gasteiger partial charge in [-0.3, -0.25) is 9.59 Å². The third kappa shape index (κ3) is 4.17. The number of carbonyl (C=O) groups excluding carboxylic acids is 1. The molecule has 6 rings (SSSR count). The molecule has 1 unspecified atom stereocenters. The van der Waals surface area contributed by atoms with Gasteiger partial charge in [-0.2, -0.15) is 5.10 Å². The van der Waals surface area contributed by atoms with Crippen LogP contribution in [0.4, 0.5) is 0 Å². The molecule has 0 saturated carbocycles. The average molecular weight is 587 g/mol. The highest BCUT2D eigenvalue weighted by molar-refractivity contribution is 9.10. The number of carbonyl (C=O) groups is 1. The summed E-state index contributed by atoms with van der Waals surface area (Å²) in [6.45, 7) is 7.95. The van der Waals surface area contributed by atoms with E-state index in [0.717, 1.165) is 26.9 Å². The Kier molecular flexibility index (Phi) is 5.98. The first kappa shape index (κ1) is 25.2. The van der Waals surface area contributed by atoms with Gasteiger partial charge in [0.05, 0.1) is 29.8 Å². The summed E-state index contributed by atoms with van der Waals surface area (Å²) in [6.07, 6.45) is 2.07. The smallest absolute Gasteiger partial charge is 0.264 e. The Bertz CT molecular complexity index is 1850. The summed E-state index contributed by atoms with van der Waals surface area (Å²) in [5.74, 6) is 0.652. The number of imidazole rings is 1. The third-order valence-corrected chi connectivity index (χ3v) is 8.15. The zero-order valence-corrected chi connectivity index (χ0v) is 23.9. The van der Waals surface area contributed by atoms with Gasteiger partial charge in [0.1, 0.15) is 5.82 Å². The van der Waals surface area contributed by atoms with Crippen molar-refractivity contribution in [1.29, 1.82) is 0 Å². The van der Waals surface area contributed by atoms with Crippen LogP contribution in [0.3, 0.4) is 0 Å². The number of amides is 1. The van der Waals surface area contributed by atoms with Crippen LogP contribution in [0.2, 0.25) is 0 Å². The number of fused-ring (bicyclic) bond motifs is 2. The molecule has 1 aliphatic heterocycles. The molecule has 0 saturated heterocycles. The SMILES string of the molecule is Cc1cc(C)n(-c2nc3c(c(=O)n2-c2ccc4c(ncn4C)n2)CC(C)N(C(=O)c2ccc(Br)c(C)c2)C3)n1. The lowest BCUT2D eigenvalue weighted by molar-refractivity contribution is 0.0652. The van der Waals surface area contributed by atoms with Crippen LogP contribution in [0.25, 0.3) is 22.9 Å². The molecule has 1 aliphatic rings. The predicted molar refractivity (Wildman–Crippen MR) is 150 cm³/mol. The highest BCUT2D eigenvalue weighted by Gasteiger charge is 2.33. The number of aromatic nitrogens is 7. The third-order valence-electron chi connectivity index (χ3n) is 7.26. The molecule has 1 amide bonds. The van der Waals surface area contributed by atoms with Crippen LogP contribution in [0, 0.1) is 20.8 Å². The molecule has 5 aromatic rings. The molecule has 0 radical (unpaired) electrons. The van der Waals surface area contributed by atoms with Crippen molar-refractivity contribution in [2.24, 2.45) is 7.05 Å². The average Bonchev–Trinajstić information content (AvgIpc) is 3.45. The van der Waals surface area contributed by atoms with Crippen molar-refractivity contribution in [2.45, 2.75) is 46.7 Å². The molecule has 0 N–H and O–H groups in total. The van der Waals surface area contributed by atoms with Gasteiger partial charge in [-0.15, -0.1) is 0 Å². The second-order valence-corrected chi connectivity index (χ2v) is 11.0. The maximum atomic E-state index is 14.1. The lowest BCUT2D eigenvalue weighted by atomic mass is 9.98. The van der Waals surface area contributed by atoms with Crippen molar-refractivity contribution in [3.05, 3.63) is 91.3 Å². The highest BCUT2D eigenvalue weighted by Crippen LogP contribution is 2.26. The molecule has 0 bridgehead atoms. The molecule has 0 aliphatic carbocycles. The zero-order valence-electron chi connectivity index (χ0n) is 22.3. The van der Waals surface area contributed by atoms with Crippen LogP contribution in [0.5, 0.6) is 0 Å². The zero-order chi connectivity index (χ0) is 27.6. The van der Waals surface area contributed by atoms with E-state index in [1.54, 1.807) is 22.0 Å². The van der Waals surface area contributed by atoms with Gasteiger partial charge in [0.25, 0.3) is 11.5 Å². The van der Waals surface area contributed by atoms with Crippen LogP contribution in [0.1, 0.15) is 45.5 Å². The number of benzene rings is 1. The molecular weight excluding hydrogens is 560 g/mol. The van der Waals surface area contributed by atoms with E-state index in [-0.39, 0.29) is 24.1 Å². The van der Waals surface area contributed by atoms with Crippen molar-refractivity contribution in [3.8, 4) is 11.8 Å². The Hall–Kier alpha value is -4.12. The van der Waals surface area contributed by atoms with Crippen molar-refractivity contribution in [3.63, 3.8) is 0 Å². The van der Waals surface area contributed by atoms with Crippen molar-refractivity contribution in [1.82, 2.24) is 38.8 Å². The number of aryl methyl sites for hydroxylation is 4. The van der Waals surface area contributed by atoms with Gasteiger partial charge in [0.2, 0.25) is 5.95 Å². The fourth-order valence-electron chi connectivity index (χ4n) is 5.17. The van der Waals surface area contributed by atoms with Gasteiger partial charge in [-0.25, -0.2) is 24.2 Å². The van der Waals surface area contributed by atoms with E-state index in [4.69, 9.17) is 9.97 Å². The number of hydrogen-bond acceptors (Lipinski definition) is 6. The highest BCUT2D eigenvalue weighted by atomic mass is 79.9. The molecule has 11 heteroatoms. The summed E-state index contributed by atoms with van der Waals surface area (Å²) in [4.78, 5) is 43.5. The summed E-state index contributed by atoms with van der Waals surface area (Å²) in [5, 5.41) is 4.62. The fourth-order valence-corrected chi connectivity index (χ4v) is 5.42. The summed E-state index contributed by atoms with van der Waals surface area (Å²) in [7, 11) is 1.90. The predicted octanol–water partition coefficient (Wildman–Crippen LogP) is 3.97. The summed E-state index contributed by atoms with van der Waals surface area (Å²) >= 11 is 3.50. The molecule has 1 aromatic carbocycles. The van der Waals surface area contributed by atoms with Gasteiger partial charge in [0, 0.05) is 34.4 Å². The topological polar surface area (TPSA) is 104 Å². The molecule has 0 spiro atoms. The molecular formula is C28H27BrN8O2. The lowest BCUT2D eigenvalue weighted by Gasteiger charge is -2.34. The van der Waals surface area contributed by atoms with Crippen molar-refractivity contribution in [2.75, 3.05) is 0 Å². The minimum atomic E-state index is -0.219. The normalized spacial score (nSPS) is 15.1. The molecule has 39 heavy (non-hydrogen) atoms. The van der Waals surface area contributed by atoms with Gasteiger partial charge >= 0.3 is 0 Å². The Morgan fingerprint density at radius 3 is 2.59 bits per heavy atom. The summed E-state index contributed by atoms with van der Waals surface area (Å²) in [5.41, 5.74) is 5.53. The number of pyridine rings is 1. The molecule has 0 fully saturated rings. The first-order valence-corrected chi connectivity index (χ1v) is 13.5. The molecule has 10 nitrogen and oxygen atoms in total. The summed E-state index contributed by atoms with van der Waals surface area (Å²) < 4.78 is 5.99. The Morgan fingerprint density at radius 2 is 1.87 bits per heavy atom. The van der Waals surface area contributed by atoms with E-state index in [2.05, 4.69) is 26.0 Å². The van der Waals surface area contributed by atoms with E-state index in [1.165, 1.54) is 4.57 Å². The quantitative estimate of drug-likeness (QED) is 0.317. The monoisotopic (exact) mass is 586 g/mol. The van der Waals surface area contributed by atoms with E-state index in [0.29, 0.717) is 40.7 Å². The minimum absolute atomic E-state index is 0.0929. The second-order valence-electron chi connectivity index (χ2n) is 10.1. The van der Waals surface area contributed by atoms with Gasteiger partial charge in [-0.1, -0.05) is 15.9 Å². The fraction of sp³-hybridized carbons (Fsp3) is 0.286. The first-order valence-electron chi connectivity index (χ1n) is 12.7. The lowest BCUT2D eigenvalue weighted by Crippen LogP contribution is -2.46. The van der Waals surface area contributed by atoms with Gasteiger partial charge in [0.15, 0.2) is 5.65 Å². The van der Waals surface area contributed by atoms with Crippen LogP contribution >= 0.6 is 15.9 Å². The molecule has 1 atom stereocenters. The van der Waals surface area contributed by atoms with E-state index < -0.39 is 0 Å². The van der Waals surface area contributed by atoms with Crippen LogP contribution < -0.4 is 5.56 Å². The Morgan fingerprint density at radius 1 is 1.08 bits per heavy atom. The van der Waals surface area contributed by atoms with Gasteiger partial charge in [-0.05, 0) is 76.1 Å². The molecule has 4 aromatic heterocycles. The molecule has 5 heterocycles. The summed E-state index contributed by atoms with van der Waals surface area (Å²) in [6, 6.07) is 11.0. The Balaban J connectivity index is 1.51. The first-order chi connectivity index (χ1) is 18.6. The van der Waals surface area contributed by atoms with Crippen molar-refractivity contribution < 1.29 is 4.79 Å². The largest absolute Gasteiger partial charge is 0.332 e. The second kappa shape index (κ2) is 9.26. The maximum Gasteiger partial charge on any atom is 0.264 e. The number of nitrogens with zero attached hydrogens (tertiary/aromatic N) is 8. The van der Waals surface area contributed by atoms with Crippen LogP contribution in [-0.2, 0) is 20.0 Å². The van der Waals surface area contributed by atoms with E-state index in [1.807, 2.05) is 69.6 Å². The van der Waals surface area contributed by atoms with Crippen LogP contribution in [-0.4, -0.2) is 50.7 Å². The van der Waals surface area contributed by atoms with Gasteiger partial charge < -0.3 is 9.47 Å². The standard InChI is InChI=1S/C28H27BrN8O2/c1-15-10-19(6-7-21(15)29)26(38)35-13-22-20(12-17(35)3)27(39)36(28(31-22)37-18(4)11-16(2)33-37)24-9-8-23-25(32-24)30-14-34(23)5/h6-11,14,17H,12-13H2,1-5H3. The minimum Gasteiger partial charge on any atom is -0.332 e. The number of rotatable bonds is 3. The van der Waals surface area contributed by atoms with E-state index in [9.17, 15) is 9.59 Å². The number of halogens is 1. The van der Waals surface area contributed by atoms with Crippen LogP contribution in [0.15, 0.2) is 52.0 Å². The van der Waals surface area contributed by atoms with E-state index >= 15 is 0 Å². The maximum absolute atomic E-state index is 14.1. The number of hydrogen-bond donors (Lipinski definition) is 0.